The SMILES string of the molecule is CCOc1ccc(C(=O)Nc2ccccc2Oc2ccccc2)cc1COc1ccccc1. The molecule has 1 N–H and O–H groups in total. The highest BCUT2D eigenvalue weighted by Crippen LogP contribution is 2.30. The van der Waals surface area contributed by atoms with Gasteiger partial charge in [-0.05, 0) is 61.5 Å². The molecule has 0 saturated carbocycles. The maximum absolute atomic E-state index is 13.1. The van der Waals surface area contributed by atoms with Crippen molar-refractivity contribution in [1.29, 1.82) is 0 Å². The highest BCUT2D eigenvalue weighted by atomic mass is 16.5. The molecule has 4 rings (SSSR count). The van der Waals surface area contributed by atoms with Crippen LogP contribution < -0.4 is 19.5 Å². The molecule has 0 atom stereocenters. The molecule has 0 aromatic heterocycles. The fourth-order valence-corrected chi connectivity index (χ4v) is 3.28. The Morgan fingerprint density at radius 3 is 2.12 bits per heavy atom. The molecule has 33 heavy (non-hydrogen) atoms. The number of para-hydroxylation sites is 4. The summed E-state index contributed by atoms with van der Waals surface area (Å²) in [6, 6.07) is 31.7. The standard InChI is InChI=1S/C28H25NO4/c1-2-31-26-18-17-21(19-22(26)20-32-23-11-5-3-6-12-23)28(30)29-25-15-9-10-16-27(25)33-24-13-7-4-8-14-24/h3-19H,2,20H2,1H3,(H,29,30). The topological polar surface area (TPSA) is 56.8 Å². The molecule has 0 aliphatic heterocycles. The van der Waals surface area contributed by atoms with Gasteiger partial charge in [0.15, 0.2) is 5.75 Å². The number of rotatable bonds is 9. The minimum absolute atomic E-state index is 0.247. The van der Waals surface area contributed by atoms with E-state index in [0.29, 0.717) is 35.1 Å². The van der Waals surface area contributed by atoms with Gasteiger partial charge in [0.1, 0.15) is 23.9 Å². The highest BCUT2D eigenvalue weighted by Gasteiger charge is 2.14. The van der Waals surface area contributed by atoms with Crippen molar-refractivity contribution in [3.63, 3.8) is 0 Å². The number of ether oxygens (including phenoxy) is 3. The van der Waals surface area contributed by atoms with Gasteiger partial charge in [0.05, 0.1) is 12.3 Å². The zero-order valence-corrected chi connectivity index (χ0v) is 18.4. The van der Waals surface area contributed by atoms with E-state index in [1.807, 2.05) is 91.9 Å². The Labute approximate surface area is 193 Å². The van der Waals surface area contributed by atoms with Crippen molar-refractivity contribution in [2.75, 3.05) is 11.9 Å². The summed E-state index contributed by atoms with van der Waals surface area (Å²) in [6.07, 6.45) is 0. The third kappa shape index (κ3) is 5.92. The van der Waals surface area contributed by atoms with Crippen LogP contribution in [0.15, 0.2) is 103 Å². The van der Waals surface area contributed by atoms with Crippen LogP contribution in [-0.2, 0) is 6.61 Å². The number of carbonyl (C=O) groups excluding carboxylic acids is 1. The quantitative estimate of drug-likeness (QED) is 0.315. The van der Waals surface area contributed by atoms with E-state index in [0.717, 1.165) is 11.3 Å². The Morgan fingerprint density at radius 1 is 0.727 bits per heavy atom. The van der Waals surface area contributed by atoms with Gasteiger partial charge in [-0.2, -0.15) is 0 Å². The Kier molecular flexibility index (Phi) is 7.23. The van der Waals surface area contributed by atoms with Crippen molar-refractivity contribution in [1.82, 2.24) is 0 Å². The van der Waals surface area contributed by atoms with Gasteiger partial charge >= 0.3 is 0 Å². The van der Waals surface area contributed by atoms with E-state index in [2.05, 4.69) is 5.32 Å². The van der Waals surface area contributed by atoms with E-state index in [1.165, 1.54) is 0 Å². The summed E-state index contributed by atoms with van der Waals surface area (Å²) < 4.78 is 17.6. The predicted molar refractivity (Wildman–Crippen MR) is 129 cm³/mol. The molecule has 1 amide bonds. The lowest BCUT2D eigenvalue weighted by atomic mass is 10.1. The second-order valence-electron chi connectivity index (χ2n) is 7.22. The molecule has 5 nitrogen and oxygen atoms in total. The zero-order valence-electron chi connectivity index (χ0n) is 18.4. The molecule has 0 fully saturated rings. The number of anilines is 1. The first-order valence-corrected chi connectivity index (χ1v) is 10.8. The molecule has 0 saturated heterocycles. The minimum Gasteiger partial charge on any atom is -0.493 e. The minimum atomic E-state index is -0.247. The molecule has 0 radical (unpaired) electrons. The lowest BCUT2D eigenvalue weighted by Gasteiger charge is -2.15. The number of carbonyl (C=O) groups is 1. The third-order valence-electron chi connectivity index (χ3n) is 4.87. The molecule has 166 valence electrons. The highest BCUT2D eigenvalue weighted by molar-refractivity contribution is 6.05. The first kappa shape index (κ1) is 22.0. The number of amides is 1. The summed E-state index contributed by atoms with van der Waals surface area (Å²) in [7, 11) is 0. The molecule has 0 spiro atoms. The molecular weight excluding hydrogens is 414 g/mol. The van der Waals surface area contributed by atoms with Crippen molar-refractivity contribution in [2.24, 2.45) is 0 Å². The average Bonchev–Trinajstić information content (AvgIpc) is 2.86. The maximum atomic E-state index is 13.1. The van der Waals surface area contributed by atoms with Crippen LogP contribution in [-0.4, -0.2) is 12.5 Å². The van der Waals surface area contributed by atoms with Crippen LogP contribution >= 0.6 is 0 Å². The molecular formula is C28H25NO4. The number of benzene rings is 4. The van der Waals surface area contributed by atoms with Crippen LogP contribution in [0.1, 0.15) is 22.8 Å². The normalized spacial score (nSPS) is 10.3. The third-order valence-corrected chi connectivity index (χ3v) is 4.87. The summed E-state index contributed by atoms with van der Waals surface area (Å²) >= 11 is 0. The van der Waals surface area contributed by atoms with E-state index in [1.54, 1.807) is 18.2 Å². The molecule has 0 aliphatic rings. The largest absolute Gasteiger partial charge is 0.493 e. The summed E-state index contributed by atoms with van der Waals surface area (Å²) in [4.78, 5) is 13.1. The maximum Gasteiger partial charge on any atom is 0.255 e. The second kappa shape index (κ2) is 10.9. The van der Waals surface area contributed by atoms with Gasteiger partial charge in [0, 0.05) is 11.1 Å². The van der Waals surface area contributed by atoms with Crippen molar-refractivity contribution in [2.45, 2.75) is 13.5 Å². The van der Waals surface area contributed by atoms with Gasteiger partial charge in [0.25, 0.3) is 5.91 Å². The van der Waals surface area contributed by atoms with E-state index in [-0.39, 0.29) is 12.5 Å². The lowest BCUT2D eigenvalue weighted by molar-refractivity contribution is 0.102. The summed E-state index contributed by atoms with van der Waals surface area (Å²) in [6.45, 7) is 2.73. The molecule has 0 heterocycles. The molecule has 5 heteroatoms. The van der Waals surface area contributed by atoms with Crippen LogP contribution in [0.25, 0.3) is 0 Å². The van der Waals surface area contributed by atoms with E-state index < -0.39 is 0 Å². The Bertz CT molecular complexity index is 1190. The van der Waals surface area contributed by atoms with Crippen molar-refractivity contribution >= 4 is 11.6 Å². The van der Waals surface area contributed by atoms with Gasteiger partial charge < -0.3 is 19.5 Å². The Balaban J connectivity index is 1.52. The molecule has 0 bridgehead atoms. The molecule has 4 aromatic carbocycles. The Hall–Kier alpha value is -4.25. The van der Waals surface area contributed by atoms with Gasteiger partial charge in [-0.1, -0.05) is 48.5 Å². The number of nitrogens with one attached hydrogen (secondary N) is 1. The van der Waals surface area contributed by atoms with Crippen molar-refractivity contribution in [3.8, 4) is 23.0 Å². The zero-order chi connectivity index (χ0) is 22.9. The average molecular weight is 440 g/mol. The van der Waals surface area contributed by atoms with Crippen LogP contribution in [0, 0.1) is 0 Å². The van der Waals surface area contributed by atoms with E-state index in [4.69, 9.17) is 14.2 Å². The second-order valence-corrected chi connectivity index (χ2v) is 7.22. The first-order chi connectivity index (χ1) is 16.2. The van der Waals surface area contributed by atoms with Crippen LogP contribution in [0.3, 0.4) is 0 Å². The number of hydrogen-bond donors (Lipinski definition) is 1. The fraction of sp³-hybridized carbons (Fsp3) is 0.107. The van der Waals surface area contributed by atoms with E-state index in [9.17, 15) is 4.79 Å². The van der Waals surface area contributed by atoms with Gasteiger partial charge in [0.2, 0.25) is 0 Å². The van der Waals surface area contributed by atoms with Crippen molar-refractivity contribution < 1.29 is 19.0 Å². The lowest BCUT2D eigenvalue weighted by Crippen LogP contribution is -2.13. The molecule has 0 unspecified atom stereocenters. The first-order valence-electron chi connectivity index (χ1n) is 10.8. The van der Waals surface area contributed by atoms with E-state index >= 15 is 0 Å². The van der Waals surface area contributed by atoms with Gasteiger partial charge in [-0.3, -0.25) is 4.79 Å². The fourth-order valence-electron chi connectivity index (χ4n) is 3.28. The van der Waals surface area contributed by atoms with Crippen LogP contribution in [0.5, 0.6) is 23.0 Å². The van der Waals surface area contributed by atoms with Gasteiger partial charge in [-0.15, -0.1) is 0 Å². The Morgan fingerprint density at radius 2 is 1.39 bits per heavy atom. The molecule has 4 aromatic rings. The predicted octanol–water partition coefficient (Wildman–Crippen LogP) is 6.71. The van der Waals surface area contributed by atoms with Gasteiger partial charge in [-0.25, -0.2) is 0 Å². The molecule has 0 aliphatic carbocycles. The van der Waals surface area contributed by atoms with Crippen LogP contribution in [0.2, 0.25) is 0 Å². The number of hydrogen-bond acceptors (Lipinski definition) is 4. The smallest absolute Gasteiger partial charge is 0.255 e. The van der Waals surface area contributed by atoms with Crippen molar-refractivity contribution in [3.05, 3.63) is 114 Å². The summed E-state index contributed by atoms with van der Waals surface area (Å²) in [5.74, 6) is 2.46. The monoisotopic (exact) mass is 439 g/mol. The summed E-state index contributed by atoms with van der Waals surface area (Å²) in [5.41, 5.74) is 1.88. The van der Waals surface area contributed by atoms with Crippen LogP contribution in [0.4, 0.5) is 5.69 Å². The summed E-state index contributed by atoms with van der Waals surface area (Å²) in [5, 5.41) is 2.95.